The highest BCUT2D eigenvalue weighted by Crippen LogP contribution is 2.19. The Morgan fingerprint density at radius 3 is 3.00 bits per heavy atom. The molecule has 0 spiro atoms. The molecule has 1 N–H and O–H groups in total. The summed E-state index contributed by atoms with van der Waals surface area (Å²) >= 11 is 0. The van der Waals surface area contributed by atoms with Crippen molar-refractivity contribution in [2.24, 2.45) is 0 Å². The Labute approximate surface area is 92.2 Å². The zero-order valence-corrected chi connectivity index (χ0v) is 8.80. The smallest absolute Gasteiger partial charge is 0.251 e. The van der Waals surface area contributed by atoms with Crippen LogP contribution in [0.5, 0.6) is 5.75 Å². The maximum absolute atomic E-state index is 11.1. The molecule has 2 heterocycles. The summed E-state index contributed by atoms with van der Waals surface area (Å²) in [5.74, 6) is 0.669. The normalized spacial score (nSPS) is 10.1. The van der Waals surface area contributed by atoms with Gasteiger partial charge in [0.05, 0.1) is 24.8 Å². The van der Waals surface area contributed by atoms with Crippen LogP contribution in [0.4, 0.5) is 0 Å². The van der Waals surface area contributed by atoms with E-state index in [4.69, 9.17) is 4.74 Å². The zero-order chi connectivity index (χ0) is 11.4. The molecule has 2 rings (SSSR count). The van der Waals surface area contributed by atoms with Gasteiger partial charge in [0, 0.05) is 17.8 Å². The Balaban J connectivity index is 2.40. The first-order chi connectivity index (χ1) is 7.79. The van der Waals surface area contributed by atoms with E-state index in [1.54, 1.807) is 18.5 Å². The largest absolute Gasteiger partial charge is 0.492 e. The second kappa shape index (κ2) is 4.57. The van der Waals surface area contributed by atoms with Crippen LogP contribution in [0.25, 0.3) is 11.3 Å². The van der Waals surface area contributed by atoms with Gasteiger partial charge in [-0.3, -0.25) is 9.78 Å². The fourth-order valence-corrected chi connectivity index (χ4v) is 1.33. The molecule has 0 aliphatic heterocycles. The summed E-state index contributed by atoms with van der Waals surface area (Å²) in [7, 11) is 0. The van der Waals surface area contributed by atoms with Crippen LogP contribution in [-0.2, 0) is 0 Å². The highest BCUT2D eigenvalue weighted by atomic mass is 16.5. The third-order valence-electron chi connectivity index (χ3n) is 2.00. The topological polar surface area (TPSA) is 67.9 Å². The summed E-state index contributed by atoms with van der Waals surface area (Å²) in [6, 6.07) is 3.23. The van der Waals surface area contributed by atoms with Crippen molar-refractivity contribution in [3.05, 3.63) is 41.2 Å². The van der Waals surface area contributed by atoms with E-state index in [9.17, 15) is 4.79 Å². The van der Waals surface area contributed by atoms with Crippen LogP contribution in [0.3, 0.4) is 0 Å². The molecule has 5 nitrogen and oxygen atoms in total. The molecule has 2 aromatic heterocycles. The maximum Gasteiger partial charge on any atom is 0.251 e. The maximum atomic E-state index is 11.1. The van der Waals surface area contributed by atoms with E-state index in [2.05, 4.69) is 15.0 Å². The van der Waals surface area contributed by atoms with Crippen LogP contribution in [-0.4, -0.2) is 21.6 Å². The van der Waals surface area contributed by atoms with E-state index in [0.29, 0.717) is 18.1 Å². The van der Waals surface area contributed by atoms with Gasteiger partial charge in [-0.2, -0.15) is 0 Å². The van der Waals surface area contributed by atoms with Gasteiger partial charge in [0.2, 0.25) is 0 Å². The molecule has 0 fully saturated rings. The monoisotopic (exact) mass is 217 g/mol. The molecule has 0 saturated heterocycles. The van der Waals surface area contributed by atoms with Gasteiger partial charge >= 0.3 is 0 Å². The Kier molecular flexibility index (Phi) is 2.95. The molecule has 0 unspecified atom stereocenters. The van der Waals surface area contributed by atoms with E-state index >= 15 is 0 Å². The molecule has 0 saturated carbocycles. The van der Waals surface area contributed by atoms with Crippen molar-refractivity contribution in [3.63, 3.8) is 0 Å². The number of pyridine rings is 1. The van der Waals surface area contributed by atoms with Gasteiger partial charge in [0.15, 0.2) is 0 Å². The molecular formula is C11H11N3O2. The van der Waals surface area contributed by atoms with Crippen LogP contribution in [0.2, 0.25) is 0 Å². The molecule has 0 aliphatic rings. The standard InChI is InChI=1S/C11H11N3O2/c1-2-16-9-3-8(5-12-6-9)10-4-11(15)14-7-13-10/h3-7H,2H2,1H3,(H,13,14,15). The second-order valence-electron chi connectivity index (χ2n) is 3.14. The summed E-state index contributed by atoms with van der Waals surface area (Å²) < 4.78 is 5.32. The lowest BCUT2D eigenvalue weighted by atomic mass is 10.2. The Morgan fingerprint density at radius 1 is 1.38 bits per heavy atom. The average molecular weight is 217 g/mol. The summed E-state index contributed by atoms with van der Waals surface area (Å²) in [5, 5.41) is 0. The molecule has 16 heavy (non-hydrogen) atoms. The molecule has 0 bridgehead atoms. The third-order valence-corrected chi connectivity index (χ3v) is 2.00. The molecule has 0 aromatic carbocycles. The zero-order valence-electron chi connectivity index (χ0n) is 8.80. The molecular weight excluding hydrogens is 206 g/mol. The number of H-pyrrole nitrogens is 1. The minimum absolute atomic E-state index is 0.188. The number of rotatable bonds is 3. The van der Waals surface area contributed by atoms with Crippen molar-refractivity contribution in [1.29, 1.82) is 0 Å². The number of aromatic amines is 1. The number of hydrogen-bond acceptors (Lipinski definition) is 4. The van der Waals surface area contributed by atoms with Crippen LogP contribution in [0.15, 0.2) is 35.6 Å². The van der Waals surface area contributed by atoms with Crippen molar-refractivity contribution in [2.45, 2.75) is 6.92 Å². The fourth-order valence-electron chi connectivity index (χ4n) is 1.33. The Morgan fingerprint density at radius 2 is 2.25 bits per heavy atom. The Hall–Kier alpha value is -2.17. The molecule has 0 radical (unpaired) electrons. The summed E-state index contributed by atoms with van der Waals surface area (Å²) in [6.45, 7) is 2.48. The number of nitrogens with zero attached hydrogens (tertiary/aromatic N) is 2. The van der Waals surface area contributed by atoms with Crippen LogP contribution in [0, 0.1) is 0 Å². The van der Waals surface area contributed by atoms with Gasteiger partial charge in [-0.05, 0) is 13.0 Å². The molecule has 5 heteroatoms. The number of hydrogen-bond donors (Lipinski definition) is 1. The van der Waals surface area contributed by atoms with Gasteiger partial charge < -0.3 is 9.72 Å². The van der Waals surface area contributed by atoms with Crippen LogP contribution < -0.4 is 10.3 Å². The highest BCUT2D eigenvalue weighted by Gasteiger charge is 2.02. The number of nitrogens with one attached hydrogen (secondary N) is 1. The van der Waals surface area contributed by atoms with E-state index in [1.165, 1.54) is 12.4 Å². The van der Waals surface area contributed by atoms with E-state index in [-0.39, 0.29) is 5.56 Å². The molecule has 2 aromatic rings. The minimum Gasteiger partial charge on any atom is -0.492 e. The summed E-state index contributed by atoms with van der Waals surface area (Å²) in [4.78, 5) is 21.7. The molecule has 0 atom stereocenters. The van der Waals surface area contributed by atoms with E-state index in [0.717, 1.165) is 5.56 Å². The van der Waals surface area contributed by atoms with Crippen LogP contribution in [0.1, 0.15) is 6.92 Å². The van der Waals surface area contributed by atoms with Gasteiger partial charge in [0.25, 0.3) is 5.56 Å². The fraction of sp³-hybridized carbons (Fsp3) is 0.182. The second-order valence-corrected chi connectivity index (χ2v) is 3.14. The Bertz CT molecular complexity index is 537. The predicted octanol–water partition coefficient (Wildman–Crippen LogP) is 1.23. The van der Waals surface area contributed by atoms with Crippen molar-refractivity contribution < 1.29 is 4.74 Å². The molecule has 0 amide bonds. The first-order valence-electron chi connectivity index (χ1n) is 4.92. The lowest BCUT2D eigenvalue weighted by molar-refractivity contribution is 0.339. The predicted molar refractivity (Wildman–Crippen MR) is 59.3 cm³/mol. The lowest BCUT2D eigenvalue weighted by Crippen LogP contribution is -2.04. The van der Waals surface area contributed by atoms with E-state index in [1.807, 2.05) is 6.92 Å². The molecule has 82 valence electrons. The van der Waals surface area contributed by atoms with Gasteiger partial charge in [-0.15, -0.1) is 0 Å². The van der Waals surface area contributed by atoms with E-state index < -0.39 is 0 Å². The first kappa shape index (κ1) is 10.4. The first-order valence-corrected chi connectivity index (χ1v) is 4.92. The van der Waals surface area contributed by atoms with Crippen LogP contribution >= 0.6 is 0 Å². The van der Waals surface area contributed by atoms with Crippen molar-refractivity contribution in [3.8, 4) is 17.0 Å². The highest BCUT2D eigenvalue weighted by molar-refractivity contribution is 5.58. The lowest BCUT2D eigenvalue weighted by Gasteiger charge is -2.04. The number of aromatic nitrogens is 3. The summed E-state index contributed by atoms with van der Waals surface area (Å²) in [6.07, 6.45) is 4.63. The van der Waals surface area contributed by atoms with Crippen molar-refractivity contribution in [2.75, 3.05) is 6.61 Å². The third kappa shape index (κ3) is 2.25. The average Bonchev–Trinajstić information content (AvgIpc) is 2.30. The quantitative estimate of drug-likeness (QED) is 0.839. The number of ether oxygens (including phenoxy) is 1. The molecule has 0 aliphatic carbocycles. The minimum atomic E-state index is -0.188. The summed E-state index contributed by atoms with van der Waals surface area (Å²) in [5.41, 5.74) is 1.15. The van der Waals surface area contributed by atoms with Crippen molar-refractivity contribution >= 4 is 0 Å². The van der Waals surface area contributed by atoms with Gasteiger partial charge in [0.1, 0.15) is 5.75 Å². The van der Waals surface area contributed by atoms with Crippen molar-refractivity contribution in [1.82, 2.24) is 15.0 Å². The van der Waals surface area contributed by atoms with Gasteiger partial charge in [-0.25, -0.2) is 4.98 Å². The SMILES string of the molecule is CCOc1cncc(-c2cc(=O)[nH]cn2)c1. The van der Waals surface area contributed by atoms with Gasteiger partial charge in [-0.1, -0.05) is 0 Å².